The van der Waals surface area contributed by atoms with Gasteiger partial charge >= 0.3 is 0 Å². The maximum atomic E-state index is 3.99. The van der Waals surface area contributed by atoms with Gasteiger partial charge in [-0.2, -0.15) is 0 Å². The van der Waals surface area contributed by atoms with Crippen LogP contribution in [0.25, 0.3) is 0 Å². The highest BCUT2D eigenvalue weighted by Crippen LogP contribution is 2.29. The number of nitrogens with one attached hydrogen (secondary N) is 1. The van der Waals surface area contributed by atoms with Crippen molar-refractivity contribution >= 4 is 0 Å². The Morgan fingerprint density at radius 3 is 2.18 bits per heavy atom. The van der Waals surface area contributed by atoms with E-state index >= 15 is 0 Å². The van der Waals surface area contributed by atoms with E-state index in [1.54, 1.807) is 0 Å². The Morgan fingerprint density at radius 2 is 1.65 bits per heavy atom. The van der Waals surface area contributed by atoms with Crippen molar-refractivity contribution in [2.24, 2.45) is 11.8 Å². The summed E-state index contributed by atoms with van der Waals surface area (Å²) < 4.78 is 0. The highest BCUT2D eigenvalue weighted by atomic mass is 15.0. The summed E-state index contributed by atoms with van der Waals surface area (Å²) in [5, 5.41) is 3.99. The number of rotatable bonds is 7. The van der Waals surface area contributed by atoms with Crippen LogP contribution in [0.2, 0.25) is 0 Å². The zero-order valence-corrected chi connectivity index (χ0v) is 12.5. The minimum absolute atomic E-state index is 0.771. The van der Waals surface area contributed by atoms with E-state index in [0.717, 1.165) is 23.9 Å². The second-order valence-corrected chi connectivity index (χ2v) is 6.21. The second-order valence-electron chi connectivity index (χ2n) is 6.21. The second kappa shape index (κ2) is 8.13. The minimum atomic E-state index is 0.771. The summed E-state index contributed by atoms with van der Waals surface area (Å²) in [6.45, 7) is 9.50. The Hall–Kier alpha value is -0.0400. The fourth-order valence-corrected chi connectivity index (χ4v) is 3.39. The summed E-state index contributed by atoms with van der Waals surface area (Å²) in [6, 6.07) is 1.55. The molecule has 1 aliphatic rings. The first kappa shape index (κ1) is 15.0. The van der Waals surface area contributed by atoms with Crippen LogP contribution in [0.4, 0.5) is 0 Å². The Balaban J connectivity index is 2.45. The van der Waals surface area contributed by atoms with E-state index in [4.69, 9.17) is 0 Å². The molecular formula is C16H33N. The van der Waals surface area contributed by atoms with Gasteiger partial charge in [0.25, 0.3) is 0 Å². The van der Waals surface area contributed by atoms with Crippen molar-refractivity contribution in [3.63, 3.8) is 0 Å². The number of unbranched alkanes of at least 4 members (excludes halogenated alkanes) is 1. The average Bonchev–Trinajstić information content (AvgIpc) is 2.31. The van der Waals surface area contributed by atoms with Crippen LogP contribution < -0.4 is 5.32 Å². The third-order valence-electron chi connectivity index (χ3n) is 4.52. The van der Waals surface area contributed by atoms with Crippen molar-refractivity contribution in [3.8, 4) is 0 Å². The molecule has 0 aliphatic heterocycles. The maximum absolute atomic E-state index is 3.99. The lowest BCUT2D eigenvalue weighted by atomic mass is 9.78. The molecule has 0 saturated heterocycles. The van der Waals surface area contributed by atoms with Crippen molar-refractivity contribution in [1.82, 2.24) is 5.32 Å². The van der Waals surface area contributed by atoms with Crippen LogP contribution in [-0.2, 0) is 0 Å². The van der Waals surface area contributed by atoms with Gasteiger partial charge in [-0.15, -0.1) is 0 Å². The molecule has 0 amide bonds. The molecule has 1 saturated carbocycles. The van der Waals surface area contributed by atoms with Gasteiger partial charge in [0.05, 0.1) is 0 Å². The predicted octanol–water partition coefficient (Wildman–Crippen LogP) is 4.76. The molecule has 1 fully saturated rings. The van der Waals surface area contributed by atoms with Crippen LogP contribution >= 0.6 is 0 Å². The van der Waals surface area contributed by atoms with Crippen LogP contribution in [0.3, 0.4) is 0 Å². The molecule has 1 nitrogen and oxygen atoms in total. The van der Waals surface area contributed by atoms with Gasteiger partial charge in [-0.25, -0.2) is 0 Å². The molecule has 1 heteroatoms. The molecule has 0 heterocycles. The lowest BCUT2D eigenvalue weighted by Gasteiger charge is -2.38. The van der Waals surface area contributed by atoms with Gasteiger partial charge < -0.3 is 5.32 Å². The molecule has 3 unspecified atom stereocenters. The van der Waals surface area contributed by atoms with Crippen LogP contribution in [0.15, 0.2) is 0 Å². The van der Waals surface area contributed by atoms with Crippen molar-refractivity contribution in [2.75, 3.05) is 0 Å². The van der Waals surface area contributed by atoms with Gasteiger partial charge in [0.15, 0.2) is 0 Å². The van der Waals surface area contributed by atoms with Crippen molar-refractivity contribution in [2.45, 2.75) is 91.1 Å². The SMILES string of the molecule is CCCCC(CCC)NC1C(C)CCCC1C. The summed E-state index contributed by atoms with van der Waals surface area (Å²) in [7, 11) is 0. The average molecular weight is 239 g/mol. The highest BCUT2D eigenvalue weighted by molar-refractivity contribution is 4.86. The summed E-state index contributed by atoms with van der Waals surface area (Å²) >= 11 is 0. The van der Waals surface area contributed by atoms with Gasteiger partial charge in [0, 0.05) is 12.1 Å². The van der Waals surface area contributed by atoms with Gasteiger partial charge in [0.1, 0.15) is 0 Å². The molecule has 0 aromatic heterocycles. The molecule has 102 valence electrons. The minimum Gasteiger partial charge on any atom is -0.311 e. The molecule has 1 rings (SSSR count). The highest BCUT2D eigenvalue weighted by Gasteiger charge is 2.28. The van der Waals surface area contributed by atoms with E-state index in [9.17, 15) is 0 Å². The summed E-state index contributed by atoms with van der Waals surface area (Å²) in [5.41, 5.74) is 0. The summed E-state index contributed by atoms with van der Waals surface area (Å²) in [4.78, 5) is 0. The largest absolute Gasteiger partial charge is 0.311 e. The molecule has 3 atom stereocenters. The van der Waals surface area contributed by atoms with Gasteiger partial charge in [-0.3, -0.25) is 0 Å². The molecule has 0 aromatic rings. The lowest BCUT2D eigenvalue weighted by Crippen LogP contribution is -2.47. The molecule has 17 heavy (non-hydrogen) atoms. The fourth-order valence-electron chi connectivity index (χ4n) is 3.39. The summed E-state index contributed by atoms with van der Waals surface area (Å²) in [6.07, 6.45) is 11.1. The Labute approximate surface area is 109 Å². The van der Waals surface area contributed by atoms with E-state index < -0.39 is 0 Å². The molecule has 1 aliphatic carbocycles. The Bertz CT molecular complexity index is 180. The van der Waals surface area contributed by atoms with E-state index in [1.165, 1.54) is 51.4 Å². The van der Waals surface area contributed by atoms with E-state index in [2.05, 4.69) is 33.0 Å². The Morgan fingerprint density at radius 1 is 1.00 bits per heavy atom. The monoisotopic (exact) mass is 239 g/mol. The van der Waals surface area contributed by atoms with Crippen molar-refractivity contribution < 1.29 is 0 Å². The molecule has 0 aromatic carbocycles. The van der Waals surface area contributed by atoms with Crippen LogP contribution in [-0.4, -0.2) is 12.1 Å². The first-order valence-electron chi connectivity index (χ1n) is 7.95. The quantitative estimate of drug-likeness (QED) is 0.675. The smallest absolute Gasteiger partial charge is 0.0121 e. The van der Waals surface area contributed by atoms with Crippen LogP contribution in [0.5, 0.6) is 0 Å². The van der Waals surface area contributed by atoms with E-state index in [1.807, 2.05) is 0 Å². The van der Waals surface area contributed by atoms with E-state index in [-0.39, 0.29) is 0 Å². The van der Waals surface area contributed by atoms with Crippen LogP contribution in [0.1, 0.15) is 79.1 Å². The number of hydrogen-bond acceptors (Lipinski definition) is 1. The molecule has 0 bridgehead atoms. The molecular weight excluding hydrogens is 206 g/mol. The first-order chi connectivity index (χ1) is 8.19. The summed E-state index contributed by atoms with van der Waals surface area (Å²) in [5.74, 6) is 1.75. The predicted molar refractivity (Wildman–Crippen MR) is 77.3 cm³/mol. The third kappa shape index (κ3) is 4.99. The Kier molecular flexibility index (Phi) is 7.18. The van der Waals surface area contributed by atoms with Crippen LogP contribution in [0, 0.1) is 11.8 Å². The van der Waals surface area contributed by atoms with Crippen molar-refractivity contribution in [3.05, 3.63) is 0 Å². The van der Waals surface area contributed by atoms with E-state index in [0.29, 0.717) is 0 Å². The normalized spacial score (nSPS) is 31.4. The molecule has 0 radical (unpaired) electrons. The first-order valence-corrected chi connectivity index (χ1v) is 7.95. The standard InChI is InChI=1S/C16H33N/c1-5-7-12-15(9-6-2)17-16-13(3)10-8-11-14(16)4/h13-17H,5-12H2,1-4H3. The van der Waals surface area contributed by atoms with Gasteiger partial charge in [-0.05, 0) is 37.5 Å². The topological polar surface area (TPSA) is 12.0 Å². The van der Waals surface area contributed by atoms with Gasteiger partial charge in [0.2, 0.25) is 0 Å². The number of hydrogen-bond donors (Lipinski definition) is 1. The molecule has 1 N–H and O–H groups in total. The third-order valence-corrected chi connectivity index (χ3v) is 4.52. The zero-order valence-electron chi connectivity index (χ0n) is 12.5. The fraction of sp³-hybridized carbons (Fsp3) is 1.00. The lowest BCUT2D eigenvalue weighted by molar-refractivity contribution is 0.185. The van der Waals surface area contributed by atoms with Crippen molar-refractivity contribution in [1.29, 1.82) is 0 Å². The van der Waals surface area contributed by atoms with Gasteiger partial charge in [-0.1, -0.05) is 53.4 Å². The maximum Gasteiger partial charge on any atom is 0.0121 e. The molecule has 0 spiro atoms. The zero-order chi connectivity index (χ0) is 12.7.